The molecule has 0 amide bonds. The van der Waals surface area contributed by atoms with Crippen LogP contribution >= 0.6 is 0 Å². The summed E-state index contributed by atoms with van der Waals surface area (Å²) in [7, 11) is -3.63. The number of nitrogens with zero attached hydrogens (tertiary/aromatic N) is 2. The zero-order chi connectivity index (χ0) is 16.2. The molecule has 0 fully saturated rings. The monoisotopic (exact) mass is 316 g/mol. The molecule has 116 valence electrons. The molecule has 0 heterocycles. The highest BCUT2D eigenvalue weighted by Crippen LogP contribution is 2.17. The number of hydrogen-bond donors (Lipinski definition) is 0. The van der Waals surface area contributed by atoms with Crippen LogP contribution in [0.15, 0.2) is 64.6 Å². The highest BCUT2D eigenvalue weighted by Gasteiger charge is 2.21. The van der Waals surface area contributed by atoms with E-state index in [9.17, 15) is 8.42 Å². The topological polar surface area (TPSA) is 49.7 Å². The lowest BCUT2D eigenvalue weighted by Crippen LogP contribution is -2.27. The average Bonchev–Trinajstić information content (AvgIpc) is 2.53. The van der Waals surface area contributed by atoms with Crippen LogP contribution in [0.4, 0.5) is 0 Å². The Kier molecular flexibility index (Phi) is 4.98. The first-order chi connectivity index (χ1) is 10.4. The molecule has 0 aliphatic heterocycles. The predicted octanol–water partition coefficient (Wildman–Crippen LogP) is 3.43. The van der Waals surface area contributed by atoms with Crippen molar-refractivity contribution in [2.75, 3.05) is 6.54 Å². The number of hydrogen-bond acceptors (Lipinski definition) is 3. The van der Waals surface area contributed by atoms with Crippen molar-refractivity contribution in [3.05, 3.63) is 65.7 Å². The van der Waals surface area contributed by atoms with Gasteiger partial charge in [0.2, 0.25) is 0 Å². The van der Waals surface area contributed by atoms with E-state index < -0.39 is 10.0 Å². The Morgan fingerprint density at radius 2 is 1.64 bits per heavy atom. The Morgan fingerprint density at radius 3 is 2.18 bits per heavy atom. The Labute approximate surface area is 132 Å². The van der Waals surface area contributed by atoms with Crippen LogP contribution < -0.4 is 0 Å². The van der Waals surface area contributed by atoms with Crippen molar-refractivity contribution in [3.8, 4) is 0 Å². The molecule has 0 bridgehead atoms. The van der Waals surface area contributed by atoms with Crippen molar-refractivity contribution in [2.24, 2.45) is 5.10 Å². The number of sulfonamides is 1. The van der Waals surface area contributed by atoms with Crippen LogP contribution in [-0.2, 0) is 10.0 Å². The van der Waals surface area contributed by atoms with Gasteiger partial charge in [0, 0.05) is 0 Å². The van der Waals surface area contributed by atoms with E-state index >= 15 is 0 Å². The second-order valence-electron chi connectivity index (χ2n) is 5.01. The number of benzene rings is 2. The van der Waals surface area contributed by atoms with Gasteiger partial charge in [0.1, 0.15) is 0 Å². The molecule has 0 radical (unpaired) electrons. The minimum absolute atomic E-state index is 0.254. The molecule has 2 rings (SSSR count). The van der Waals surface area contributed by atoms with E-state index in [1.165, 1.54) is 0 Å². The summed E-state index contributed by atoms with van der Waals surface area (Å²) in [5, 5.41) is 4.30. The van der Waals surface area contributed by atoms with Gasteiger partial charge in [-0.3, -0.25) is 0 Å². The molecule has 4 nitrogen and oxygen atoms in total. The number of aryl methyl sites for hydroxylation is 1. The van der Waals surface area contributed by atoms with Crippen LogP contribution in [0.3, 0.4) is 0 Å². The molecule has 22 heavy (non-hydrogen) atoms. The van der Waals surface area contributed by atoms with Gasteiger partial charge in [-0.05, 0) is 38.5 Å². The van der Waals surface area contributed by atoms with Gasteiger partial charge in [-0.15, -0.1) is 0 Å². The number of rotatable bonds is 5. The van der Waals surface area contributed by atoms with E-state index in [1.807, 2.05) is 44.2 Å². The summed E-state index contributed by atoms with van der Waals surface area (Å²) in [6.45, 7) is 5.78. The molecule has 2 aromatic carbocycles. The molecule has 0 saturated carbocycles. The van der Waals surface area contributed by atoms with Gasteiger partial charge in [-0.25, -0.2) is 0 Å². The van der Waals surface area contributed by atoms with Gasteiger partial charge in [0.05, 0.1) is 17.2 Å². The smallest absolute Gasteiger partial charge is 0.200 e. The van der Waals surface area contributed by atoms with Crippen LogP contribution in [0.5, 0.6) is 0 Å². The van der Waals surface area contributed by atoms with Crippen molar-refractivity contribution in [3.63, 3.8) is 0 Å². The first-order valence-corrected chi connectivity index (χ1v) is 8.59. The van der Waals surface area contributed by atoms with E-state index in [1.54, 1.807) is 31.2 Å². The summed E-state index contributed by atoms with van der Waals surface area (Å²) in [6, 6.07) is 16.3. The van der Waals surface area contributed by atoms with Crippen molar-refractivity contribution >= 4 is 15.7 Å². The van der Waals surface area contributed by atoms with Crippen molar-refractivity contribution in [1.82, 2.24) is 4.41 Å². The molecule has 0 N–H and O–H groups in total. The summed E-state index contributed by atoms with van der Waals surface area (Å²) < 4.78 is 26.5. The third-order valence-corrected chi connectivity index (χ3v) is 5.08. The minimum atomic E-state index is -3.63. The normalized spacial score (nSPS) is 12.2. The van der Waals surface area contributed by atoms with Crippen molar-refractivity contribution < 1.29 is 8.42 Å². The molecule has 0 aliphatic rings. The van der Waals surface area contributed by atoms with E-state index in [0.717, 1.165) is 15.5 Å². The molecular formula is C17H20N2O2S. The summed E-state index contributed by atoms with van der Waals surface area (Å²) in [4.78, 5) is 0.254. The van der Waals surface area contributed by atoms with Gasteiger partial charge in [-0.1, -0.05) is 48.0 Å². The van der Waals surface area contributed by atoms with Crippen LogP contribution in [0.2, 0.25) is 0 Å². The molecule has 5 heteroatoms. The maximum Gasteiger partial charge on any atom is 0.278 e. The summed E-state index contributed by atoms with van der Waals surface area (Å²) in [5.41, 5.74) is 2.59. The standard InChI is InChI=1S/C17H20N2O2S/c1-4-19(18-15(3)16-8-6-5-7-9-16)22(20,21)17-12-10-14(2)11-13-17/h5-13H,4H2,1-3H3/b18-15+. The lowest BCUT2D eigenvalue weighted by Gasteiger charge is -2.18. The number of hydrazone groups is 1. The van der Waals surface area contributed by atoms with Gasteiger partial charge >= 0.3 is 0 Å². The molecule has 0 atom stereocenters. The molecular weight excluding hydrogens is 296 g/mol. The Balaban J connectivity index is 2.37. The van der Waals surface area contributed by atoms with Gasteiger partial charge in [-0.2, -0.15) is 17.9 Å². The Morgan fingerprint density at radius 1 is 1.05 bits per heavy atom. The maximum absolute atomic E-state index is 12.7. The molecule has 2 aromatic rings. The van der Waals surface area contributed by atoms with Gasteiger partial charge in [0.25, 0.3) is 10.0 Å². The SMILES string of the molecule is CCN(/N=C(\C)c1ccccc1)S(=O)(=O)c1ccc(C)cc1. The lowest BCUT2D eigenvalue weighted by atomic mass is 10.1. The quantitative estimate of drug-likeness (QED) is 0.627. The van der Waals surface area contributed by atoms with E-state index in [-0.39, 0.29) is 11.4 Å². The maximum atomic E-state index is 12.7. The molecule has 0 spiro atoms. The fourth-order valence-corrected chi connectivity index (χ4v) is 3.32. The van der Waals surface area contributed by atoms with E-state index in [0.29, 0.717) is 5.71 Å². The Hall–Kier alpha value is -2.14. The van der Waals surface area contributed by atoms with Crippen LogP contribution in [0.25, 0.3) is 0 Å². The fourth-order valence-electron chi connectivity index (χ4n) is 2.03. The van der Waals surface area contributed by atoms with E-state index in [4.69, 9.17) is 0 Å². The summed E-state index contributed by atoms with van der Waals surface area (Å²) in [5.74, 6) is 0. The second-order valence-corrected chi connectivity index (χ2v) is 6.85. The molecule has 0 saturated heterocycles. The lowest BCUT2D eigenvalue weighted by molar-refractivity contribution is 0.448. The van der Waals surface area contributed by atoms with E-state index in [2.05, 4.69) is 5.10 Å². The van der Waals surface area contributed by atoms with Gasteiger partial charge < -0.3 is 0 Å². The largest absolute Gasteiger partial charge is 0.278 e. The highest BCUT2D eigenvalue weighted by atomic mass is 32.2. The third-order valence-electron chi connectivity index (χ3n) is 3.32. The summed E-state index contributed by atoms with van der Waals surface area (Å²) in [6.07, 6.45) is 0. The first kappa shape index (κ1) is 16.2. The van der Waals surface area contributed by atoms with Crippen molar-refractivity contribution in [1.29, 1.82) is 0 Å². The third kappa shape index (κ3) is 3.54. The van der Waals surface area contributed by atoms with Crippen molar-refractivity contribution in [2.45, 2.75) is 25.7 Å². The molecule has 0 unspecified atom stereocenters. The highest BCUT2D eigenvalue weighted by molar-refractivity contribution is 7.89. The fraction of sp³-hybridized carbons (Fsp3) is 0.235. The average molecular weight is 316 g/mol. The zero-order valence-corrected chi connectivity index (χ0v) is 13.8. The molecule has 0 aliphatic carbocycles. The Bertz CT molecular complexity index is 751. The van der Waals surface area contributed by atoms with Crippen LogP contribution in [0.1, 0.15) is 25.0 Å². The minimum Gasteiger partial charge on any atom is -0.200 e. The first-order valence-electron chi connectivity index (χ1n) is 7.15. The van der Waals surface area contributed by atoms with Crippen LogP contribution in [-0.4, -0.2) is 25.1 Å². The zero-order valence-electron chi connectivity index (χ0n) is 13.0. The molecule has 0 aromatic heterocycles. The van der Waals surface area contributed by atoms with Crippen LogP contribution in [0, 0.1) is 6.92 Å². The van der Waals surface area contributed by atoms with Gasteiger partial charge in [0.15, 0.2) is 0 Å². The predicted molar refractivity (Wildman–Crippen MR) is 89.4 cm³/mol. The second kappa shape index (κ2) is 6.75. The summed E-state index contributed by atoms with van der Waals surface area (Å²) >= 11 is 0.